The van der Waals surface area contributed by atoms with Gasteiger partial charge in [0, 0.05) is 5.69 Å². The number of aryl methyl sites for hydroxylation is 1. The molecule has 28 heavy (non-hydrogen) atoms. The van der Waals surface area contributed by atoms with Crippen molar-refractivity contribution in [2.24, 2.45) is 0 Å². The molecule has 0 aromatic heterocycles. The van der Waals surface area contributed by atoms with Crippen LogP contribution in [-0.2, 0) is 21.0 Å². The first-order chi connectivity index (χ1) is 12.9. The minimum absolute atomic E-state index is 0.0417. The third-order valence-electron chi connectivity index (χ3n) is 3.88. The van der Waals surface area contributed by atoms with Crippen LogP contribution in [0.15, 0.2) is 47.4 Å². The topological polar surface area (TPSA) is 84.5 Å². The number of hydrogen-bond donors (Lipinski definition) is 2. The number of methoxy groups -OCH3 is 1. The van der Waals surface area contributed by atoms with Gasteiger partial charge >= 0.3 is 6.18 Å². The van der Waals surface area contributed by atoms with E-state index in [9.17, 15) is 26.4 Å². The summed E-state index contributed by atoms with van der Waals surface area (Å²) >= 11 is 0. The molecule has 0 unspecified atom stereocenters. The molecule has 0 radical (unpaired) electrons. The summed E-state index contributed by atoms with van der Waals surface area (Å²) < 4.78 is 69.9. The molecule has 6 nitrogen and oxygen atoms in total. The van der Waals surface area contributed by atoms with Gasteiger partial charge in [0.2, 0.25) is 15.9 Å². The van der Waals surface area contributed by atoms with Crippen molar-refractivity contribution in [2.75, 3.05) is 12.4 Å². The Bertz CT molecular complexity index is 958. The number of sulfonamides is 1. The number of alkyl halides is 3. The van der Waals surface area contributed by atoms with E-state index in [2.05, 4.69) is 10.0 Å². The highest BCUT2D eigenvalue weighted by atomic mass is 32.2. The molecule has 1 amide bonds. The predicted octanol–water partition coefficient (Wildman–Crippen LogP) is 3.33. The average molecular weight is 416 g/mol. The number of halogens is 3. The van der Waals surface area contributed by atoms with Crippen LogP contribution in [0.25, 0.3) is 0 Å². The van der Waals surface area contributed by atoms with Gasteiger partial charge in [-0.1, -0.05) is 0 Å². The second-order valence-electron chi connectivity index (χ2n) is 6.04. The van der Waals surface area contributed by atoms with E-state index in [1.165, 1.54) is 32.2 Å². The molecular formula is C18H19F3N2O4S. The van der Waals surface area contributed by atoms with Gasteiger partial charge in [-0.15, -0.1) is 0 Å². The van der Waals surface area contributed by atoms with Gasteiger partial charge in [0.25, 0.3) is 0 Å². The Morgan fingerprint density at radius 3 is 2.21 bits per heavy atom. The number of benzene rings is 2. The monoisotopic (exact) mass is 416 g/mol. The van der Waals surface area contributed by atoms with E-state index in [0.717, 1.165) is 24.3 Å². The summed E-state index contributed by atoms with van der Waals surface area (Å²) in [5.74, 6) is -0.194. The lowest BCUT2D eigenvalue weighted by Crippen LogP contribution is -2.41. The Morgan fingerprint density at radius 2 is 1.71 bits per heavy atom. The molecule has 2 rings (SSSR count). The zero-order valence-corrected chi connectivity index (χ0v) is 16.1. The summed E-state index contributed by atoms with van der Waals surface area (Å²) in [5.41, 5.74) is -0.134. The van der Waals surface area contributed by atoms with Crippen LogP contribution in [-0.4, -0.2) is 27.5 Å². The Balaban J connectivity index is 2.08. The highest BCUT2D eigenvalue weighted by molar-refractivity contribution is 7.89. The maximum absolute atomic E-state index is 12.6. The predicted molar refractivity (Wildman–Crippen MR) is 97.6 cm³/mol. The highest BCUT2D eigenvalue weighted by Crippen LogP contribution is 2.29. The number of amides is 1. The van der Waals surface area contributed by atoms with E-state index in [1.807, 2.05) is 0 Å². The van der Waals surface area contributed by atoms with Gasteiger partial charge in [0.1, 0.15) is 5.75 Å². The molecular weight excluding hydrogens is 397 g/mol. The lowest BCUT2D eigenvalue weighted by molar-refractivity contribution is -0.137. The molecule has 0 spiro atoms. The smallest absolute Gasteiger partial charge is 0.416 e. The minimum Gasteiger partial charge on any atom is -0.496 e. The van der Waals surface area contributed by atoms with Gasteiger partial charge in [-0.05, 0) is 61.9 Å². The fraction of sp³-hybridized carbons (Fsp3) is 0.278. The van der Waals surface area contributed by atoms with Gasteiger partial charge in [0.05, 0.1) is 23.6 Å². The fourth-order valence-corrected chi connectivity index (χ4v) is 3.65. The van der Waals surface area contributed by atoms with Crippen LogP contribution in [0, 0.1) is 6.92 Å². The second kappa shape index (κ2) is 8.19. The van der Waals surface area contributed by atoms with Crippen LogP contribution in [0.1, 0.15) is 18.1 Å². The molecule has 0 aliphatic rings. The van der Waals surface area contributed by atoms with Crippen LogP contribution >= 0.6 is 0 Å². The van der Waals surface area contributed by atoms with Crippen LogP contribution < -0.4 is 14.8 Å². The normalized spacial score (nSPS) is 13.1. The Morgan fingerprint density at radius 1 is 1.11 bits per heavy atom. The molecule has 152 valence electrons. The third-order valence-corrected chi connectivity index (χ3v) is 5.42. The van der Waals surface area contributed by atoms with Crippen molar-refractivity contribution in [1.82, 2.24) is 4.72 Å². The number of ether oxygens (including phenoxy) is 1. The van der Waals surface area contributed by atoms with E-state index < -0.39 is 33.7 Å². The first-order valence-electron chi connectivity index (χ1n) is 8.09. The standard InChI is InChI=1S/C18H19F3N2O4S/c1-11-10-15(8-9-16(11)27-3)28(25,26)23-12(2)17(24)22-14-6-4-13(5-7-14)18(19,20)21/h4-10,12,23H,1-3H3,(H,22,24)/t12-/m1/s1. The summed E-state index contributed by atoms with van der Waals surface area (Å²) in [5, 5.41) is 2.37. The first kappa shape index (κ1) is 21.7. The molecule has 2 N–H and O–H groups in total. The molecule has 2 aromatic rings. The van der Waals surface area contributed by atoms with Gasteiger partial charge in [-0.25, -0.2) is 8.42 Å². The molecule has 2 aromatic carbocycles. The Kier molecular flexibility index (Phi) is 6.35. The summed E-state index contributed by atoms with van der Waals surface area (Å²) in [6, 6.07) is 6.92. The SMILES string of the molecule is COc1ccc(S(=O)(=O)N[C@H](C)C(=O)Nc2ccc(C(F)(F)F)cc2)cc1C. The first-order valence-corrected chi connectivity index (χ1v) is 9.57. The Labute approximate surface area is 160 Å². The summed E-state index contributed by atoms with van der Waals surface area (Å²) in [7, 11) is -2.52. The van der Waals surface area contributed by atoms with Crippen molar-refractivity contribution in [3.8, 4) is 5.75 Å². The van der Waals surface area contributed by atoms with Crippen molar-refractivity contribution in [2.45, 2.75) is 31.0 Å². The van der Waals surface area contributed by atoms with Crippen molar-refractivity contribution in [1.29, 1.82) is 0 Å². The van der Waals surface area contributed by atoms with Gasteiger partial charge in [-0.2, -0.15) is 17.9 Å². The zero-order valence-electron chi connectivity index (χ0n) is 15.3. The molecule has 0 aliphatic carbocycles. The molecule has 0 aliphatic heterocycles. The average Bonchev–Trinajstić information content (AvgIpc) is 2.60. The third kappa shape index (κ3) is 5.23. The van der Waals surface area contributed by atoms with Gasteiger partial charge < -0.3 is 10.1 Å². The molecule has 0 fully saturated rings. The second-order valence-corrected chi connectivity index (χ2v) is 7.75. The quantitative estimate of drug-likeness (QED) is 0.757. The van der Waals surface area contributed by atoms with E-state index >= 15 is 0 Å². The van der Waals surface area contributed by atoms with E-state index in [0.29, 0.717) is 11.3 Å². The van der Waals surface area contributed by atoms with Crippen LogP contribution in [0.4, 0.5) is 18.9 Å². The van der Waals surface area contributed by atoms with E-state index in [-0.39, 0.29) is 10.6 Å². The van der Waals surface area contributed by atoms with Gasteiger partial charge in [0.15, 0.2) is 0 Å². The van der Waals surface area contributed by atoms with Crippen LogP contribution in [0.2, 0.25) is 0 Å². The molecule has 10 heteroatoms. The number of nitrogens with one attached hydrogen (secondary N) is 2. The number of rotatable bonds is 6. The highest BCUT2D eigenvalue weighted by Gasteiger charge is 2.30. The van der Waals surface area contributed by atoms with Crippen molar-refractivity contribution in [3.63, 3.8) is 0 Å². The number of carbonyl (C=O) groups excluding carboxylic acids is 1. The molecule has 1 atom stereocenters. The lowest BCUT2D eigenvalue weighted by atomic mass is 10.2. The summed E-state index contributed by atoms with van der Waals surface area (Å²) in [6.45, 7) is 3.01. The molecule has 0 saturated carbocycles. The van der Waals surface area contributed by atoms with Crippen molar-refractivity contribution in [3.05, 3.63) is 53.6 Å². The van der Waals surface area contributed by atoms with E-state index in [1.54, 1.807) is 6.92 Å². The zero-order chi connectivity index (χ0) is 21.1. The van der Waals surface area contributed by atoms with E-state index in [4.69, 9.17) is 4.74 Å². The summed E-state index contributed by atoms with van der Waals surface area (Å²) in [4.78, 5) is 12.1. The van der Waals surface area contributed by atoms with Gasteiger partial charge in [-0.3, -0.25) is 4.79 Å². The number of carbonyl (C=O) groups is 1. The van der Waals surface area contributed by atoms with Crippen molar-refractivity contribution < 1.29 is 31.1 Å². The fourth-order valence-electron chi connectivity index (χ4n) is 2.37. The van der Waals surface area contributed by atoms with Crippen LogP contribution in [0.3, 0.4) is 0 Å². The summed E-state index contributed by atoms with van der Waals surface area (Å²) in [6.07, 6.45) is -4.48. The molecule has 0 saturated heterocycles. The number of anilines is 1. The largest absolute Gasteiger partial charge is 0.496 e. The van der Waals surface area contributed by atoms with Crippen molar-refractivity contribution >= 4 is 21.6 Å². The van der Waals surface area contributed by atoms with Crippen LogP contribution in [0.5, 0.6) is 5.75 Å². The maximum atomic E-state index is 12.6. The maximum Gasteiger partial charge on any atom is 0.416 e. The molecule has 0 heterocycles. The molecule has 0 bridgehead atoms. The number of hydrogen-bond acceptors (Lipinski definition) is 4. The Hall–Kier alpha value is -2.59. The minimum atomic E-state index is -4.48. The lowest BCUT2D eigenvalue weighted by Gasteiger charge is -2.15.